The predicted octanol–water partition coefficient (Wildman–Crippen LogP) is 3.11. The zero-order chi connectivity index (χ0) is 19.9. The summed E-state index contributed by atoms with van der Waals surface area (Å²) >= 11 is 0. The lowest BCUT2D eigenvalue weighted by Crippen LogP contribution is -2.19. The third kappa shape index (κ3) is 5.37. The number of hydrogen-bond donors (Lipinski definition) is 1. The number of benzene rings is 2. The predicted molar refractivity (Wildman–Crippen MR) is 104 cm³/mol. The van der Waals surface area contributed by atoms with Gasteiger partial charge in [0.2, 0.25) is 0 Å². The van der Waals surface area contributed by atoms with Crippen LogP contribution in [0.1, 0.15) is 25.0 Å². The fourth-order valence-corrected chi connectivity index (χ4v) is 3.41. The second-order valence-electron chi connectivity index (χ2n) is 5.57. The fourth-order valence-electron chi connectivity index (χ4n) is 2.37. The van der Waals surface area contributed by atoms with Crippen LogP contribution in [0.4, 0.5) is 0 Å². The van der Waals surface area contributed by atoms with Crippen LogP contribution >= 0.6 is 0 Å². The molecule has 0 radical (unpaired) electrons. The van der Waals surface area contributed by atoms with E-state index < -0.39 is 10.0 Å². The normalized spacial score (nSPS) is 11.4. The molecule has 0 amide bonds. The molecule has 0 heterocycles. The van der Waals surface area contributed by atoms with E-state index in [0.717, 1.165) is 5.56 Å². The first-order valence-corrected chi connectivity index (χ1v) is 9.98. The van der Waals surface area contributed by atoms with Crippen LogP contribution in [0.3, 0.4) is 0 Å². The summed E-state index contributed by atoms with van der Waals surface area (Å²) in [5.41, 5.74) is 1.42. The Kier molecular flexibility index (Phi) is 7.06. The first-order valence-electron chi connectivity index (χ1n) is 8.50. The average Bonchev–Trinajstić information content (AvgIpc) is 2.64. The maximum absolute atomic E-state index is 12.5. The molecule has 0 aliphatic rings. The van der Waals surface area contributed by atoms with Crippen LogP contribution in [0, 0.1) is 6.92 Å². The van der Waals surface area contributed by atoms with Gasteiger partial charge in [-0.05, 0) is 50.6 Å². The molecule has 0 saturated carbocycles. The SMILES string of the molecule is CCOc1ccc(/C=N/NS(=O)(=O)c2cc(C)ccc2OC)c(OCC)c1. The summed E-state index contributed by atoms with van der Waals surface area (Å²) in [5, 5.41) is 3.87. The highest BCUT2D eigenvalue weighted by molar-refractivity contribution is 7.89. The summed E-state index contributed by atoms with van der Waals surface area (Å²) < 4.78 is 41.3. The van der Waals surface area contributed by atoms with Gasteiger partial charge in [-0.3, -0.25) is 0 Å². The molecule has 0 aromatic heterocycles. The zero-order valence-corrected chi connectivity index (χ0v) is 16.7. The second-order valence-corrected chi connectivity index (χ2v) is 7.20. The Morgan fingerprint density at radius 1 is 1.04 bits per heavy atom. The summed E-state index contributed by atoms with van der Waals surface area (Å²) in [4.78, 5) is 2.24. The van der Waals surface area contributed by atoms with Gasteiger partial charge >= 0.3 is 0 Å². The summed E-state index contributed by atoms with van der Waals surface area (Å²) in [7, 11) is -2.46. The largest absolute Gasteiger partial charge is 0.495 e. The van der Waals surface area contributed by atoms with Crippen LogP contribution in [0.15, 0.2) is 46.4 Å². The third-order valence-electron chi connectivity index (χ3n) is 3.58. The Balaban J connectivity index is 2.25. The van der Waals surface area contributed by atoms with E-state index in [4.69, 9.17) is 14.2 Å². The summed E-state index contributed by atoms with van der Waals surface area (Å²) in [6, 6.07) is 10.2. The molecular weight excluding hydrogens is 368 g/mol. The van der Waals surface area contributed by atoms with Gasteiger partial charge in [0.05, 0.1) is 26.5 Å². The Morgan fingerprint density at radius 2 is 1.78 bits per heavy atom. The molecule has 7 nitrogen and oxygen atoms in total. The maximum Gasteiger partial charge on any atom is 0.280 e. The molecule has 0 saturated heterocycles. The molecule has 27 heavy (non-hydrogen) atoms. The molecule has 146 valence electrons. The van der Waals surface area contributed by atoms with Gasteiger partial charge < -0.3 is 14.2 Å². The number of ether oxygens (including phenoxy) is 3. The van der Waals surface area contributed by atoms with Gasteiger partial charge in [0.15, 0.2) is 0 Å². The van der Waals surface area contributed by atoms with Crippen molar-refractivity contribution in [2.75, 3.05) is 20.3 Å². The Bertz CT molecular complexity index is 910. The van der Waals surface area contributed by atoms with Crippen molar-refractivity contribution in [3.8, 4) is 17.2 Å². The first-order chi connectivity index (χ1) is 12.9. The second kappa shape index (κ2) is 9.27. The maximum atomic E-state index is 12.5. The monoisotopic (exact) mass is 392 g/mol. The number of nitrogens with zero attached hydrogens (tertiary/aromatic N) is 1. The molecule has 0 fully saturated rings. The van der Waals surface area contributed by atoms with Crippen LogP contribution in [-0.2, 0) is 10.0 Å². The quantitative estimate of drug-likeness (QED) is 0.523. The van der Waals surface area contributed by atoms with Crippen molar-refractivity contribution in [3.05, 3.63) is 47.5 Å². The molecular formula is C19H24N2O5S. The molecule has 2 rings (SSSR count). The van der Waals surface area contributed by atoms with Crippen LogP contribution in [-0.4, -0.2) is 35.0 Å². The molecule has 2 aromatic rings. The van der Waals surface area contributed by atoms with Gasteiger partial charge in [-0.1, -0.05) is 6.07 Å². The van der Waals surface area contributed by atoms with Gasteiger partial charge in [-0.2, -0.15) is 18.4 Å². The molecule has 0 atom stereocenters. The molecule has 0 aliphatic carbocycles. The van der Waals surface area contributed by atoms with Gasteiger partial charge in [-0.25, -0.2) is 0 Å². The van der Waals surface area contributed by atoms with E-state index >= 15 is 0 Å². The number of aryl methyl sites for hydroxylation is 1. The van der Waals surface area contributed by atoms with E-state index in [0.29, 0.717) is 30.3 Å². The number of hydrogen-bond acceptors (Lipinski definition) is 6. The minimum atomic E-state index is -3.88. The van der Waals surface area contributed by atoms with E-state index in [1.807, 2.05) is 13.8 Å². The minimum absolute atomic E-state index is 0.0267. The highest BCUT2D eigenvalue weighted by atomic mass is 32.2. The number of methoxy groups -OCH3 is 1. The van der Waals surface area contributed by atoms with Gasteiger partial charge in [-0.15, -0.1) is 0 Å². The van der Waals surface area contributed by atoms with Crippen LogP contribution in [0.2, 0.25) is 0 Å². The smallest absolute Gasteiger partial charge is 0.280 e. The minimum Gasteiger partial charge on any atom is -0.495 e. The van der Waals surface area contributed by atoms with Crippen LogP contribution in [0.25, 0.3) is 0 Å². The molecule has 0 unspecified atom stereocenters. The van der Waals surface area contributed by atoms with E-state index in [2.05, 4.69) is 9.93 Å². The zero-order valence-electron chi connectivity index (χ0n) is 15.9. The molecule has 0 spiro atoms. The lowest BCUT2D eigenvalue weighted by Gasteiger charge is -2.11. The Morgan fingerprint density at radius 3 is 2.44 bits per heavy atom. The third-order valence-corrected chi connectivity index (χ3v) is 4.82. The standard InChI is InChI=1S/C19H24N2O5S/c1-5-25-16-9-8-15(18(12-16)26-6-2)13-20-21-27(22,23)19-11-14(3)7-10-17(19)24-4/h7-13,21H,5-6H2,1-4H3/b20-13+. The van der Waals surface area contributed by atoms with Crippen molar-refractivity contribution < 1.29 is 22.6 Å². The fraction of sp³-hybridized carbons (Fsp3) is 0.316. The highest BCUT2D eigenvalue weighted by Crippen LogP contribution is 2.25. The van der Waals surface area contributed by atoms with Gasteiger partial charge in [0, 0.05) is 11.6 Å². The molecule has 0 aliphatic heterocycles. The molecule has 8 heteroatoms. The van der Waals surface area contributed by atoms with E-state index in [1.54, 1.807) is 37.3 Å². The van der Waals surface area contributed by atoms with E-state index in [-0.39, 0.29) is 10.6 Å². The van der Waals surface area contributed by atoms with Crippen LogP contribution in [0.5, 0.6) is 17.2 Å². The van der Waals surface area contributed by atoms with Crippen molar-refractivity contribution in [1.82, 2.24) is 4.83 Å². The number of sulfonamides is 1. The van der Waals surface area contributed by atoms with Crippen molar-refractivity contribution in [3.63, 3.8) is 0 Å². The van der Waals surface area contributed by atoms with Gasteiger partial charge in [0.1, 0.15) is 22.1 Å². The Labute approximate surface area is 160 Å². The van der Waals surface area contributed by atoms with Crippen LogP contribution < -0.4 is 19.0 Å². The first kappa shape index (κ1) is 20.6. The van der Waals surface area contributed by atoms with E-state index in [1.165, 1.54) is 19.4 Å². The number of nitrogens with one attached hydrogen (secondary N) is 1. The molecule has 1 N–H and O–H groups in total. The summed E-state index contributed by atoms with van der Waals surface area (Å²) in [5.74, 6) is 1.47. The number of rotatable bonds is 9. The lowest BCUT2D eigenvalue weighted by molar-refractivity contribution is 0.323. The topological polar surface area (TPSA) is 86.2 Å². The molecule has 0 bridgehead atoms. The summed E-state index contributed by atoms with van der Waals surface area (Å²) in [6.07, 6.45) is 1.39. The van der Waals surface area contributed by atoms with Crippen molar-refractivity contribution in [1.29, 1.82) is 0 Å². The molecule has 2 aromatic carbocycles. The lowest BCUT2D eigenvalue weighted by atomic mass is 10.2. The Hall–Kier alpha value is -2.74. The van der Waals surface area contributed by atoms with Crippen molar-refractivity contribution in [2.45, 2.75) is 25.7 Å². The summed E-state index contributed by atoms with van der Waals surface area (Å²) in [6.45, 7) is 6.56. The van der Waals surface area contributed by atoms with E-state index in [9.17, 15) is 8.42 Å². The van der Waals surface area contributed by atoms with Crippen molar-refractivity contribution in [2.24, 2.45) is 5.10 Å². The highest BCUT2D eigenvalue weighted by Gasteiger charge is 2.19. The number of hydrazone groups is 1. The van der Waals surface area contributed by atoms with Crippen molar-refractivity contribution >= 4 is 16.2 Å². The average molecular weight is 392 g/mol. The van der Waals surface area contributed by atoms with Gasteiger partial charge in [0.25, 0.3) is 10.0 Å².